The van der Waals surface area contributed by atoms with Crippen LogP contribution in [0.15, 0.2) is 84.0 Å². The maximum Gasteiger partial charge on any atom is 0.119 e. The van der Waals surface area contributed by atoms with E-state index in [1.807, 2.05) is 66.7 Å². The minimum atomic E-state index is 0.224. The third-order valence-electron chi connectivity index (χ3n) is 4.57. The molecule has 5 heteroatoms. The van der Waals surface area contributed by atoms with E-state index in [4.69, 9.17) is 9.72 Å². The van der Waals surface area contributed by atoms with Gasteiger partial charge in [0.05, 0.1) is 30.2 Å². The number of methoxy groups -OCH3 is 1. The summed E-state index contributed by atoms with van der Waals surface area (Å²) in [5.41, 5.74) is 7.58. The van der Waals surface area contributed by atoms with E-state index in [0.717, 1.165) is 39.2 Å². The van der Waals surface area contributed by atoms with Crippen molar-refractivity contribution < 1.29 is 9.84 Å². The Kier molecular flexibility index (Phi) is 5.71. The first-order valence-corrected chi connectivity index (χ1v) is 9.51. The van der Waals surface area contributed by atoms with Crippen LogP contribution in [0.4, 0.5) is 5.69 Å². The molecular formula is C25H21N3O2. The van der Waals surface area contributed by atoms with Crippen molar-refractivity contribution in [3.8, 4) is 11.5 Å². The van der Waals surface area contributed by atoms with Gasteiger partial charge in [0.2, 0.25) is 0 Å². The molecule has 0 saturated carbocycles. The van der Waals surface area contributed by atoms with Gasteiger partial charge in [-0.25, -0.2) is 4.98 Å². The van der Waals surface area contributed by atoms with Gasteiger partial charge < -0.3 is 9.84 Å². The Balaban J connectivity index is 1.67. The van der Waals surface area contributed by atoms with Gasteiger partial charge in [-0.2, -0.15) is 5.10 Å². The van der Waals surface area contributed by atoms with Gasteiger partial charge in [0, 0.05) is 5.39 Å². The summed E-state index contributed by atoms with van der Waals surface area (Å²) in [7, 11) is 1.64. The number of pyridine rings is 1. The Labute approximate surface area is 175 Å². The van der Waals surface area contributed by atoms with Crippen LogP contribution in [-0.4, -0.2) is 23.4 Å². The fraction of sp³-hybridized carbons (Fsp3) is 0.0400. The predicted molar refractivity (Wildman–Crippen MR) is 123 cm³/mol. The van der Waals surface area contributed by atoms with Crippen LogP contribution in [0, 0.1) is 0 Å². The summed E-state index contributed by atoms with van der Waals surface area (Å²) in [5.74, 6) is 0.976. The second kappa shape index (κ2) is 8.92. The molecule has 0 aliphatic heterocycles. The maximum atomic E-state index is 9.41. The Hall–Kier alpha value is -4.12. The molecule has 0 bridgehead atoms. The van der Waals surface area contributed by atoms with Gasteiger partial charge in [-0.05, 0) is 65.7 Å². The number of rotatable bonds is 6. The monoisotopic (exact) mass is 395 g/mol. The third-order valence-corrected chi connectivity index (χ3v) is 4.57. The van der Waals surface area contributed by atoms with E-state index < -0.39 is 0 Å². The first-order chi connectivity index (χ1) is 14.7. The molecule has 5 nitrogen and oxygen atoms in total. The zero-order valence-electron chi connectivity index (χ0n) is 16.5. The third kappa shape index (κ3) is 4.64. The van der Waals surface area contributed by atoms with Crippen molar-refractivity contribution in [1.29, 1.82) is 0 Å². The highest BCUT2D eigenvalue weighted by Gasteiger charge is 2.06. The van der Waals surface area contributed by atoms with Crippen LogP contribution in [0.25, 0.3) is 23.1 Å². The van der Waals surface area contributed by atoms with Crippen molar-refractivity contribution in [3.05, 3.63) is 95.7 Å². The molecule has 0 aliphatic rings. The van der Waals surface area contributed by atoms with Crippen molar-refractivity contribution in [2.75, 3.05) is 12.5 Å². The minimum absolute atomic E-state index is 0.224. The van der Waals surface area contributed by atoms with Crippen LogP contribution in [0.5, 0.6) is 11.5 Å². The van der Waals surface area contributed by atoms with E-state index in [9.17, 15) is 5.11 Å². The Bertz CT molecular complexity index is 1200. The van der Waals surface area contributed by atoms with Crippen LogP contribution >= 0.6 is 0 Å². The normalized spacial score (nSPS) is 11.4. The lowest BCUT2D eigenvalue weighted by Gasteiger charge is -2.09. The number of benzene rings is 3. The second-order valence-electron chi connectivity index (χ2n) is 6.68. The summed E-state index contributed by atoms with van der Waals surface area (Å²) < 4.78 is 5.37. The first-order valence-electron chi connectivity index (χ1n) is 9.51. The lowest BCUT2D eigenvalue weighted by molar-refractivity contribution is 0.415. The first kappa shape index (κ1) is 19.2. The topological polar surface area (TPSA) is 66.7 Å². The van der Waals surface area contributed by atoms with E-state index in [1.54, 1.807) is 37.6 Å². The highest BCUT2D eigenvalue weighted by atomic mass is 16.5. The van der Waals surface area contributed by atoms with E-state index in [0.29, 0.717) is 0 Å². The van der Waals surface area contributed by atoms with Crippen LogP contribution in [0.1, 0.15) is 16.8 Å². The smallest absolute Gasteiger partial charge is 0.119 e. The van der Waals surface area contributed by atoms with Crippen LogP contribution in [0.2, 0.25) is 0 Å². The average Bonchev–Trinajstić information content (AvgIpc) is 2.79. The molecule has 0 unspecified atom stereocenters. The van der Waals surface area contributed by atoms with Crippen LogP contribution < -0.4 is 10.2 Å². The lowest BCUT2D eigenvalue weighted by Crippen LogP contribution is -1.95. The van der Waals surface area contributed by atoms with Gasteiger partial charge >= 0.3 is 0 Å². The van der Waals surface area contributed by atoms with Crippen LogP contribution in [-0.2, 0) is 0 Å². The van der Waals surface area contributed by atoms with Gasteiger partial charge in [-0.1, -0.05) is 36.4 Å². The van der Waals surface area contributed by atoms with E-state index in [2.05, 4.69) is 10.5 Å². The summed E-state index contributed by atoms with van der Waals surface area (Å²) in [6.07, 6.45) is 5.71. The molecule has 3 aromatic carbocycles. The molecule has 0 amide bonds. The summed E-state index contributed by atoms with van der Waals surface area (Å²) in [6, 6.07) is 24.6. The number of nitrogens with one attached hydrogen (secondary N) is 1. The standard InChI is InChI=1S/C25H21N3O2/c1-30-22-13-14-24-23(16-22)25(28-26-17-19-8-11-21(29)12-9-19)15-20(27-24)10-7-18-5-3-2-4-6-18/h2-17,29H,1H3,(H,27,28)/b10-7+,26-17+. The zero-order valence-corrected chi connectivity index (χ0v) is 16.5. The molecule has 0 fully saturated rings. The molecule has 1 aromatic heterocycles. The number of anilines is 1. The molecule has 4 rings (SSSR count). The number of phenols is 1. The fourth-order valence-corrected chi connectivity index (χ4v) is 3.01. The quantitative estimate of drug-likeness (QED) is 0.331. The Morgan fingerprint density at radius 3 is 2.47 bits per heavy atom. The van der Waals surface area contributed by atoms with Gasteiger partial charge in [0.25, 0.3) is 0 Å². The number of nitrogens with zero attached hydrogens (tertiary/aromatic N) is 2. The molecule has 0 atom stereocenters. The fourth-order valence-electron chi connectivity index (χ4n) is 3.01. The highest BCUT2D eigenvalue weighted by Crippen LogP contribution is 2.28. The molecule has 30 heavy (non-hydrogen) atoms. The molecule has 1 heterocycles. The van der Waals surface area contributed by atoms with Crippen molar-refractivity contribution in [3.63, 3.8) is 0 Å². The van der Waals surface area contributed by atoms with Crippen molar-refractivity contribution >= 4 is 35.0 Å². The maximum absolute atomic E-state index is 9.41. The molecular weight excluding hydrogens is 374 g/mol. The van der Waals surface area contributed by atoms with Gasteiger partial charge in [-0.15, -0.1) is 0 Å². The summed E-state index contributed by atoms with van der Waals surface area (Å²) in [4.78, 5) is 4.74. The number of ether oxygens (including phenoxy) is 1. The van der Waals surface area contributed by atoms with Crippen LogP contribution in [0.3, 0.4) is 0 Å². The molecule has 0 saturated heterocycles. The number of fused-ring (bicyclic) bond motifs is 1. The van der Waals surface area contributed by atoms with Crippen molar-refractivity contribution in [1.82, 2.24) is 4.98 Å². The second-order valence-corrected chi connectivity index (χ2v) is 6.68. The van der Waals surface area contributed by atoms with E-state index in [1.165, 1.54) is 0 Å². The number of aromatic hydroxyl groups is 1. The number of hydrogen-bond donors (Lipinski definition) is 2. The van der Waals surface area contributed by atoms with Gasteiger partial charge in [0.1, 0.15) is 11.5 Å². The Morgan fingerprint density at radius 2 is 1.70 bits per heavy atom. The number of hydrogen-bond acceptors (Lipinski definition) is 5. The number of aromatic nitrogens is 1. The largest absolute Gasteiger partial charge is 0.508 e. The van der Waals surface area contributed by atoms with Crippen molar-refractivity contribution in [2.24, 2.45) is 5.10 Å². The molecule has 0 radical (unpaired) electrons. The molecule has 0 aliphatic carbocycles. The van der Waals surface area contributed by atoms with Gasteiger partial charge in [-0.3, -0.25) is 5.43 Å². The molecule has 2 N–H and O–H groups in total. The SMILES string of the molecule is COc1ccc2nc(/C=C/c3ccccc3)cc(N/N=C/c3ccc(O)cc3)c2c1. The number of phenolic OH excluding ortho intramolecular Hbond substituents is 1. The zero-order chi connectivity index (χ0) is 20.8. The van der Waals surface area contributed by atoms with Crippen molar-refractivity contribution in [2.45, 2.75) is 0 Å². The highest BCUT2D eigenvalue weighted by molar-refractivity contribution is 5.94. The van der Waals surface area contributed by atoms with E-state index in [-0.39, 0.29) is 5.75 Å². The lowest BCUT2D eigenvalue weighted by atomic mass is 10.1. The Morgan fingerprint density at radius 1 is 0.900 bits per heavy atom. The van der Waals surface area contributed by atoms with Gasteiger partial charge in [0.15, 0.2) is 0 Å². The summed E-state index contributed by atoms with van der Waals surface area (Å²) >= 11 is 0. The molecule has 148 valence electrons. The molecule has 4 aromatic rings. The number of hydrazone groups is 1. The predicted octanol–water partition coefficient (Wildman–Crippen LogP) is 5.57. The summed E-state index contributed by atoms with van der Waals surface area (Å²) in [5, 5.41) is 14.7. The average molecular weight is 395 g/mol. The summed E-state index contributed by atoms with van der Waals surface area (Å²) in [6.45, 7) is 0. The minimum Gasteiger partial charge on any atom is -0.508 e. The van der Waals surface area contributed by atoms with E-state index >= 15 is 0 Å². The molecule has 0 spiro atoms.